The van der Waals surface area contributed by atoms with E-state index in [0.29, 0.717) is 12.8 Å². The van der Waals surface area contributed by atoms with Crippen LogP contribution in [0.5, 0.6) is 0 Å². The van der Waals surface area contributed by atoms with Crippen LogP contribution >= 0.6 is 0 Å². The molecule has 1 fully saturated rings. The van der Waals surface area contributed by atoms with Crippen LogP contribution in [0.1, 0.15) is 19.3 Å². The molecule has 1 aliphatic rings. The van der Waals surface area contributed by atoms with Gasteiger partial charge in [0.1, 0.15) is 5.54 Å². The van der Waals surface area contributed by atoms with Crippen LogP contribution in [0.3, 0.4) is 0 Å². The van der Waals surface area contributed by atoms with Crippen LogP contribution in [0.15, 0.2) is 30.3 Å². The van der Waals surface area contributed by atoms with Crippen LogP contribution in [0.2, 0.25) is 0 Å². The maximum absolute atomic E-state index is 11.9. The van der Waals surface area contributed by atoms with Crippen LogP contribution in [-0.2, 0) is 4.79 Å². The molecule has 0 aromatic heterocycles. The lowest BCUT2D eigenvalue weighted by molar-refractivity contribution is -0.123. The lowest BCUT2D eigenvalue weighted by atomic mass is 9.86. The normalized spacial score (nSPS) is 18.6. The maximum Gasteiger partial charge on any atom is 0.243 e. The fourth-order valence-electron chi connectivity index (χ4n) is 2.68. The molecular weight excluding hydrogens is 254 g/mol. The van der Waals surface area contributed by atoms with E-state index in [1.54, 1.807) is 0 Å². The molecule has 5 heteroatoms. The van der Waals surface area contributed by atoms with Crippen molar-refractivity contribution in [1.29, 1.82) is 0 Å². The van der Waals surface area contributed by atoms with Crippen LogP contribution in [0, 0.1) is 0 Å². The highest BCUT2D eigenvalue weighted by molar-refractivity contribution is 5.88. The van der Waals surface area contributed by atoms with Gasteiger partial charge < -0.3 is 21.1 Å². The summed E-state index contributed by atoms with van der Waals surface area (Å²) in [5.41, 5.74) is 5.91. The van der Waals surface area contributed by atoms with E-state index in [4.69, 9.17) is 10.8 Å². The number of primary amides is 1. The zero-order valence-electron chi connectivity index (χ0n) is 11.7. The fourth-order valence-corrected chi connectivity index (χ4v) is 2.68. The lowest BCUT2D eigenvalue weighted by Crippen LogP contribution is -2.57. The first-order chi connectivity index (χ1) is 9.66. The molecular formula is C15H23N3O2. The Labute approximate surface area is 119 Å². The van der Waals surface area contributed by atoms with Crippen molar-refractivity contribution in [2.24, 2.45) is 5.73 Å². The van der Waals surface area contributed by atoms with Gasteiger partial charge in [-0.1, -0.05) is 18.2 Å². The van der Waals surface area contributed by atoms with Crippen LogP contribution in [0.4, 0.5) is 5.69 Å². The predicted octanol–water partition coefficient (Wildman–Crippen LogP) is 0.801. The minimum absolute atomic E-state index is 0.208. The molecule has 2 rings (SSSR count). The number of carbonyl (C=O) groups is 1. The summed E-state index contributed by atoms with van der Waals surface area (Å²) >= 11 is 0. The van der Waals surface area contributed by atoms with Gasteiger partial charge in [-0.25, -0.2) is 0 Å². The minimum Gasteiger partial charge on any atom is -0.396 e. The van der Waals surface area contributed by atoms with Crippen molar-refractivity contribution in [2.45, 2.75) is 24.8 Å². The second kappa shape index (κ2) is 6.72. The number of benzene rings is 1. The Morgan fingerprint density at radius 1 is 1.30 bits per heavy atom. The summed E-state index contributed by atoms with van der Waals surface area (Å²) in [5.74, 6) is -0.289. The van der Waals surface area contributed by atoms with Gasteiger partial charge in [0, 0.05) is 31.9 Å². The Hall–Kier alpha value is -1.59. The Kier molecular flexibility index (Phi) is 4.98. The molecule has 1 amide bonds. The van der Waals surface area contributed by atoms with Gasteiger partial charge in [0.05, 0.1) is 0 Å². The van der Waals surface area contributed by atoms with Crippen LogP contribution in [-0.4, -0.2) is 47.7 Å². The topological polar surface area (TPSA) is 78.6 Å². The van der Waals surface area contributed by atoms with Crippen molar-refractivity contribution in [3.8, 4) is 0 Å². The Morgan fingerprint density at radius 2 is 1.95 bits per heavy atom. The molecule has 5 nitrogen and oxygen atoms in total. The van der Waals surface area contributed by atoms with Gasteiger partial charge in [0.25, 0.3) is 0 Å². The number of rotatable bonds is 6. The number of hydrogen-bond donors (Lipinski definition) is 3. The average Bonchev–Trinajstić information content (AvgIpc) is 2.47. The molecule has 1 aliphatic heterocycles. The third kappa shape index (κ3) is 3.49. The van der Waals surface area contributed by atoms with Crippen molar-refractivity contribution in [3.05, 3.63) is 30.3 Å². The first kappa shape index (κ1) is 14.8. The van der Waals surface area contributed by atoms with E-state index in [9.17, 15) is 4.79 Å². The number of anilines is 1. The molecule has 1 aromatic carbocycles. The number of likely N-dealkylation sites (tertiary alicyclic amines) is 1. The van der Waals surface area contributed by atoms with E-state index in [2.05, 4.69) is 10.2 Å². The number of nitrogens with zero attached hydrogens (tertiary/aromatic N) is 1. The van der Waals surface area contributed by atoms with Gasteiger partial charge in [-0.3, -0.25) is 4.79 Å². The number of aliphatic hydroxyl groups excluding tert-OH is 1. The standard InChI is InChI=1S/C15H23N3O2/c16-14(20)15(17-13-5-2-1-3-6-13)7-10-18(11-8-15)9-4-12-19/h1-3,5-6,17,19H,4,7-12H2,(H2,16,20). The van der Waals surface area contributed by atoms with Crippen molar-refractivity contribution < 1.29 is 9.90 Å². The summed E-state index contributed by atoms with van der Waals surface area (Å²) in [6.07, 6.45) is 2.17. The van der Waals surface area contributed by atoms with E-state index in [-0.39, 0.29) is 12.5 Å². The number of hydrogen-bond acceptors (Lipinski definition) is 4. The Morgan fingerprint density at radius 3 is 2.50 bits per heavy atom. The number of nitrogens with two attached hydrogens (primary N) is 1. The summed E-state index contributed by atoms with van der Waals surface area (Å²) in [5, 5.41) is 12.2. The van der Waals surface area contributed by atoms with Crippen molar-refractivity contribution in [1.82, 2.24) is 4.90 Å². The predicted molar refractivity (Wildman–Crippen MR) is 79.4 cm³/mol. The molecule has 1 aromatic rings. The SMILES string of the molecule is NC(=O)C1(Nc2ccccc2)CCN(CCCO)CC1. The summed E-state index contributed by atoms with van der Waals surface area (Å²) in [6, 6.07) is 9.71. The number of piperidine rings is 1. The van der Waals surface area contributed by atoms with E-state index < -0.39 is 5.54 Å². The summed E-state index contributed by atoms with van der Waals surface area (Å²) in [7, 11) is 0. The molecule has 0 atom stereocenters. The smallest absolute Gasteiger partial charge is 0.243 e. The monoisotopic (exact) mass is 277 g/mol. The average molecular weight is 277 g/mol. The van der Waals surface area contributed by atoms with Crippen molar-refractivity contribution in [3.63, 3.8) is 0 Å². The van der Waals surface area contributed by atoms with Crippen LogP contribution < -0.4 is 11.1 Å². The zero-order chi connectivity index (χ0) is 14.4. The van der Waals surface area contributed by atoms with E-state index in [0.717, 1.165) is 31.7 Å². The molecule has 1 heterocycles. The zero-order valence-corrected chi connectivity index (χ0v) is 11.7. The molecule has 0 radical (unpaired) electrons. The Balaban J connectivity index is 2.00. The van der Waals surface area contributed by atoms with Gasteiger partial charge in [0.2, 0.25) is 5.91 Å². The summed E-state index contributed by atoms with van der Waals surface area (Å²) in [6.45, 7) is 2.72. The molecule has 0 bridgehead atoms. The second-order valence-corrected chi connectivity index (χ2v) is 5.36. The molecule has 1 saturated heterocycles. The van der Waals surface area contributed by atoms with Crippen LogP contribution in [0.25, 0.3) is 0 Å². The van der Waals surface area contributed by atoms with Gasteiger partial charge >= 0.3 is 0 Å². The highest BCUT2D eigenvalue weighted by atomic mass is 16.3. The first-order valence-corrected chi connectivity index (χ1v) is 7.13. The first-order valence-electron chi connectivity index (χ1n) is 7.13. The quantitative estimate of drug-likeness (QED) is 0.718. The fraction of sp³-hybridized carbons (Fsp3) is 0.533. The highest BCUT2D eigenvalue weighted by Crippen LogP contribution is 2.27. The minimum atomic E-state index is -0.656. The number of aliphatic hydroxyl groups is 1. The lowest BCUT2D eigenvalue weighted by Gasteiger charge is -2.40. The molecule has 110 valence electrons. The van der Waals surface area contributed by atoms with Gasteiger partial charge in [0.15, 0.2) is 0 Å². The molecule has 0 spiro atoms. The third-order valence-electron chi connectivity index (χ3n) is 3.97. The van der Waals surface area contributed by atoms with E-state index in [1.165, 1.54) is 0 Å². The van der Waals surface area contributed by atoms with Gasteiger partial charge in [-0.2, -0.15) is 0 Å². The maximum atomic E-state index is 11.9. The van der Waals surface area contributed by atoms with Gasteiger partial charge in [-0.15, -0.1) is 0 Å². The van der Waals surface area contributed by atoms with E-state index >= 15 is 0 Å². The molecule has 4 N–H and O–H groups in total. The molecule has 0 saturated carbocycles. The van der Waals surface area contributed by atoms with Crippen molar-refractivity contribution in [2.75, 3.05) is 31.6 Å². The highest BCUT2D eigenvalue weighted by Gasteiger charge is 2.39. The number of para-hydroxylation sites is 1. The molecule has 0 aliphatic carbocycles. The number of amides is 1. The van der Waals surface area contributed by atoms with Crippen molar-refractivity contribution >= 4 is 11.6 Å². The number of nitrogens with one attached hydrogen (secondary N) is 1. The molecule has 0 unspecified atom stereocenters. The third-order valence-corrected chi connectivity index (χ3v) is 3.97. The number of carbonyl (C=O) groups excluding carboxylic acids is 1. The summed E-state index contributed by atoms with van der Waals surface area (Å²) in [4.78, 5) is 14.2. The second-order valence-electron chi connectivity index (χ2n) is 5.36. The largest absolute Gasteiger partial charge is 0.396 e. The van der Waals surface area contributed by atoms with Gasteiger partial charge in [-0.05, 0) is 31.4 Å². The Bertz CT molecular complexity index is 428. The summed E-state index contributed by atoms with van der Waals surface area (Å²) < 4.78 is 0. The van der Waals surface area contributed by atoms with E-state index in [1.807, 2.05) is 30.3 Å². The molecule has 20 heavy (non-hydrogen) atoms.